The van der Waals surface area contributed by atoms with Crippen LogP contribution in [0.2, 0.25) is 5.02 Å². The largest absolute Gasteiger partial charge is 0.493 e. The minimum absolute atomic E-state index is 0.0361. The van der Waals surface area contributed by atoms with Crippen molar-refractivity contribution in [1.82, 2.24) is 0 Å². The van der Waals surface area contributed by atoms with Gasteiger partial charge in [-0.05, 0) is 42.3 Å². The van der Waals surface area contributed by atoms with Crippen molar-refractivity contribution >= 4 is 17.3 Å². The van der Waals surface area contributed by atoms with Crippen LogP contribution in [0, 0.1) is 5.92 Å². The Balaban J connectivity index is 1.79. The molecular formula is C20H22ClNO4. The first-order valence-electron chi connectivity index (χ1n) is 8.63. The highest BCUT2D eigenvalue weighted by Gasteiger charge is 2.42. The topological polar surface area (TPSA) is 49.0 Å². The van der Waals surface area contributed by atoms with E-state index >= 15 is 0 Å². The van der Waals surface area contributed by atoms with Gasteiger partial charge >= 0.3 is 0 Å². The minimum Gasteiger partial charge on any atom is -0.493 e. The first-order chi connectivity index (χ1) is 12.7. The zero-order valence-electron chi connectivity index (χ0n) is 15.0. The number of halogens is 1. The van der Waals surface area contributed by atoms with Crippen molar-refractivity contribution in [2.75, 3.05) is 33.3 Å². The van der Waals surface area contributed by atoms with Crippen LogP contribution in [0.15, 0.2) is 30.3 Å². The number of anilines is 1. The number of rotatable bonds is 4. The molecule has 0 unspecified atom stereocenters. The minimum atomic E-state index is 0.0361. The highest BCUT2D eigenvalue weighted by Crippen LogP contribution is 2.52. The third-order valence-corrected chi connectivity index (χ3v) is 5.48. The Morgan fingerprint density at radius 2 is 1.77 bits per heavy atom. The molecule has 0 radical (unpaired) electrons. The van der Waals surface area contributed by atoms with Crippen LogP contribution >= 0.6 is 11.6 Å². The van der Waals surface area contributed by atoms with Gasteiger partial charge < -0.3 is 24.3 Å². The van der Waals surface area contributed by atoms with E-state index in [1.807, 2.05) is 30.3 Å². The summed E-state index contributed by atoms with van der Waals surface area (Å²) < 4.78 is 22.6. The molecule has 5 nitrogen and oxygen atoms in total. The summed E-state index contributed by atoms with van der Waals surface area (Å²) in [7, 11) is 4.88. The Kier molecular flexibility index (Phi) is 4.59. The van der Waals surface area contributed by atoms with E-state index in [-0.39, 0.29) is 12.1 Å². The van der Waals surface area contributed by atoms with Crippen molar-refractivity contribution in [3.63, 3.8) is 0 Å². The summed E-state index contributed by atoms with van der Waals surface area (Å²) in [4.78, 5) is 0. The third kappa shape index (κ3) is 2.75. The molecule has 2 aromatic carbocycles. The van der Waals surface area contributed by atoms with E-state index in [0.29, 0.717) is 23.2 Å². The van der Waals surface area contributed by atoms with E-state index in [0.717, 1.165) is 34.9 Å². The fourth-order valence-corrected chi connectivity index (χ4v) is 4.23. The van der Waals surface area contributed by atoms with Gasteiger partial charge in [-0.3, -0.25) is 0 Å². The van der Waals surface area contributed by atoms with E-state index in [1.54, 1.807) is 21.3 Å². The average Bonchev–Trinajstić information content (AvgIpc) is 3.16. The van der Waals surface area contributed by atoms with E-state index in [4.69, 9.17) is 30.5 Å². The number of fused-ring (bicyclic) bond motifs is 3. The van der Waals surface area contributed by atoms with Gasteiger partial charge in [-0.15, -0.1) is 0 Å². The summed E-state index contributed by atoms with van der Waals surface area (Å²) in [6, 6.07) is 10.0. The van der Waals surface area contributed by atoms with Gasteiger partial charge in [-0.2, -0.15) is 0 Å². The lowest BCUT2D eigenvalue weighted by Crippen LogP contribution is -2.29. The zero-order chi connectivity index (χ0) is 18.3. The second-order valence-electron chi connectivity index (χ2n) is 6.56. The fourth-order valence-electron chi connectivity index (χ4n) is 4.05. The molecule has 0 spiro atoms. The molecule has 3 atom stereocenters. The Bertz CT molecular complexity index is 800. The monoisotopic (exact) mass is 375 g/mol. The SMILES string of the molecule is COc1cc([C@@H]2Nc3ccc(Cl)cc3[C@H]3OCC[C@H]32)cc(OC)c1OC. The van der Waals surface area contributed by atoms with Crippen molar-refractivity contribution in [2.45, 2.75) is 18.6 Å². The van der Waals surface area contributed by atoms with Gasteiger partial charge in [-0.25, -0.2) is 0 Å². The molecule has 6 heteroatoms. The standard InChI is InChI=1S/C20H22ClNO4/c1-23-16-8-11(9-17(24-2)20(16)25-3)18-13-6-7-26-19(13)14-10-12(21)4-5-15(14)22-18/h4-5,8-10,13,18-19,22H,6-7H2,1-3H3/t13-,18-,19-/m0/s1. The molecule has 2 aliphatic rings. The average molecular weight is 376 g/mol. The zero-order valence-corrected chi connectivity index (χ0v) is 15.8. The van der Waals surface area contributed by atoms with Crippen molar-refractivity contribution in [2.24, 2.45) is 5.92 Å². The first-order valence-corrected chi connectivity index (χ1v) is 9.01. The van der Waals surface area contributed by atoms with Crippen molar-refractivity contribution in [3.8, 4) is 17.2 Å². The van der Waals surface area contributed by atoms with Crippen LogP contribution in [-0.4, -0.2) is 27.9 Å². The fraction of sp³-hybridized carbons (Fsp3) is 0.400. The first kappa shape index (κ1) is 17.3. The number of nitrogens with one attached hydrogen (secondary N) is 1. The maximum Gasteiger partial charge on any atom is 0.203 e. The second kappa shape index (κ2) is 6.89. The Morgan fingerprint density at radius 1 is 1.04 bits per heavy atom. The van der Waals surface area contributed by atoms with E-state index < -0.39 is 0 Å². The van der Waals surface area contributed by atoms with Crippen LogP contribution in [-0.2, 0) is 4.74 Å². The molecule has 0 aliphatic carbocycles. The van der Waals surface area contributed by atoms with Gasteiger partial charge in [0.2, 0.25) is 5.75 Å². The van der Waals surface area contributed by atoms with E-state index in [9.17, 15) is 0 Å². The quantitative estimate of drug-likeness (QED) is 0.845. The van der Waals surface area contributed by atoms with Crippen molar-refractivity contribution in [1.29, 1.82) is 0 Å². The summed E-state index contributed by atoms with van der Waals surface area (Å²) in [6.45, 7) is 0.740. The lowest BCUT2D eigenvalue weighted by molar-refractivity contribution is 0.0829. The molecule has 1 saturated heterocycles. The summed E-state index contributed by atoms with van der Waals surface area (Å²) >= 11 is 6.20. The van der Waals surface area contributed by atoms with Crippen LogP contribution in [0.25, 0.3) is 0 Å². The van der Waals surface area contributed by atoms with Gasteiger partial charge in [-0.1, -0.05) is 11.6 Å². The summed E-state index contributed by atoms with van der Waals surface area (Å²) in [6.07, 6.45) is 1.01. The van der Waals surface area contributed by atoms with Crippen LogP contribution < -0.4 is 19.5 Å². The van der Waals surface area contributed by atoms with Crippen molar-refractivity contribution in [3.05, 3.63) is 46.5 Å². The molecule has 2 aromatic rings. The smallest absolute Gasteiger partial charge is 0.203 e. The number of ether oxygens (including phenoxy) is 4. The summed E-state index contributed by atoms with van der Waals surface area (Å²) in [5, 5.41) is 4.39. The molecule has 4 rings (SSSR count). The molecule has 2 aliphatic heterocycles. The Labute approximate surface area is 158 Å². The van der Waals surface area contributed by atoms with Crippen LogP contribution in [0.1, 0.15) is 29.7 Å². The summed E-state index contributed by atoms with van der Waals surface area (Å²) in [5.41, 5.74) is 3.26. The molecule has 0 amide bonds. The highest BCUT2D eigenvalue weighted by molar-refractivity contribution is 6.30. The van der Waals surface area contributed by atoms with Crippen LogP contribution in [0.5, 0.6) is 17.2 Å². The molecule has 0 aromatic heterocycles. The Hall–Kier alpha value is -2.11. The maximum atomic E-state index is 6.20. The molecular weight excluding hydrogens is 354 g/mol. The van der Waals surface area contributed by atoms with Gasteiger partial charge in [0, 0.05) is 28.8 Å². The lowest BCUT2D eigenvalue weighted by Gasteiger charge is -2.37. The summed E-state index contributed by atoms with van der Waals surface area (Å²) in [5.74, 6) is 2.21. The maximum absolute atomic E-state index is 6.20. The van der Waals surface area contributed by atoms with E-state index in [1.165, 1.54) is 0 Å². The predicted octanol–water partition coefficient (Wildman–Crippen LogP) is 4.61. The highest BCUT2D eigenvalue weighted by atomic mass is 35.5. The third-order valence-electron chi connectivity index (χ3n) is 5.24. The van der Waals surface area contributed by atoms with Gasteiger partial charge in [0.05, 0.1) is 33.5 Å². The lowest BCUT2D eigenvalue weighted by atomic mass is 9.81. The molecule has 1 N–H and O–H groups in total. The number of benzene rings is 2. The number of methoxy groups -OCH3 is 3. The predicted molar refractivity (Wildman–Crippen MR) is 101 cm³/mol. The second-order valence-corrected chi connectivity index (χ2v) is 6.99. The van der Waals surface area contributed by atoms with Gasteiger partial charge in [0.1, 0.15) is 0 Å². The number of hydrogen-bond donors (Lipinski definition) is 1. The molecule has 0 bridgehead atoms. The van der Waals surface area contributed by atoms with Crippen LogP contribution in [0.4, 0.5) is 5.69 Å². The molecule has 0 saturated carbocycles. The molecule has 2 heterocycles. The normalized spacial score (nSPS) is 23.6. The van der Waals surface area contributed by atoms with E-state index in [2.05, 4.69) is 5.32 Å². The van der Waals surface area contributed by atoms with Crippen molar-refractivity contribution < 1.29 is 18.9 Å². The molecule has 138 valence electrons. The van der Waals surface area contributed by atoms with Crippen LogP contribution in [0.3, 0.4) is 0 Å². The van der Waals surface area contributed by atoms with Gasteiger partial charge in [0.15, 0.2) is 11.5 Å². The number of hydrogen-bond acceptors (Lipinski definition) is 5. The molecule has 26 heavy (non-hydrogen) atoms. The van der Waals surface area contributed by atoms with Gasteiger partial charge in [0.25, 0.3) is 0 Å². The molecule has 1 fully saturated rings. The Morgan fingerprint density at radius 3 is 2.42 bits per heavy atom.